The number of ether oxygens (including phenoxy) is 1. The minimum absolute atomic E-state index is 0. The molecule has 1 fully saturated rings. The zero-order chi connectivity index (χ0) is 11.3. The normalized spacial score (nSPS) is 16.6. The highest BCUT2D eigenvalue weighted by Gasteiger charge is 2.21. The first-order chi connectivity index (χ1) is 7.00. The van der Waals surface area contributed by atoms with Gasteiger partial charge in [-0.25, -0.2) is 0 Å². The highest BCUT2D eigenvalue weighted by Crippen LogP contribution is 1.97. The van der Waals surface area contributed by atoms with Crippen LogP contribution in [0.5, 0.6) is 0 Å². The molecule has 0 bridgehead atoms. The van der Waals surface area contributed by atoms with Crippen molar-refractivity contribution in [2.45, 2.75) is 19.4 Å². The van der Waals surface area contributed by atoms with Crippen LogP contribution in [0, 0.1) is 0 Å². The first-order valence-corrected chi connectivity index (χ1v) is 5.37. The van der Waals surface area contributed by atoms with E-state index in [9.17, 15) is 4.79 Å². The van der Waals surface area contributed by atoms with E-state index in [0.29, 0.717) is 6.54 Å². The zero-order valence-corrected chi connectivity index (χ0v) is 12.0. The molecule has 1 saturated heterocycles. The van der Waals surface area contributed by atoms with Gasteiger partial charge in [-0.3, -0.25) is 9.69 Å². The molecule has 1 amide bonds. The SMILES string of the molecule is CC(C)(N)C(=O)NCCN1CCOCC1.Cl.Cl. The van der Waals surface area contributed by atoms with Crippen molar-refractivity contribution in [2.75, 3.05) is 39.4 Å². The number of carbonyl (C=O) groups excluding carboxylic acids is 1. The Labute approximate surface area is 115 Å². The summed E-state index contributed by atoms with van der Waals surface area (Å²) in [6.07, 6.45) is 0. The van der Waals surface area contributed by atoms with Crippen molar-refractivity contribution in [1.82, 2.24) is 10.2 Å². The van der Waals surface area contributed by atoms with Crippen LogP contribution in [0.1, 0.15) is 13.8 Å². The van der Waals surface area contributed by atoms with Crippen LogP contribution in [0.2, 0.25) is 0 Å². The second-order valence-electron chi connectivity index (χ2n) is 4.43. The molecular formula is C10H23Cl2N3O2. The maximum absolute atomic E-state index is 11.4. The van der Waals surface area contributed by atoms with Gasteiger partial charge in [0.2, 0.25) is 5.91 Å². The maximum Gasteiger partial charge on any atom is 0.239 e. The number of halogens is 2. The largest absolute Gasteiger partial charge is 0.379 e. The molecule has 1 aliphatic heterocycles. The van der Waals surface area contributed by atoms with Crippen LogP contribution in [-0.2, 0) is 9.53 Å². The first kappa shape index (κ1) is 19.3. The van der Waals surface area contributed by atoms with Crippen molar-refractivity contribution in [1.29, 1.82) is 0 Å². The van der Waals surface area contributed by atoms with Crippen molar-refractivity contribution >= 4 is 30.7 Å². The number of hydrogen-bond acceptors (Lipinski definition) is 4. The average Bonchev–Trinajstić information content (AvgIpc) is 2.18. The number of hydrogen-bond donors (Lipinski definition) is 2. The summed E-state index contributed by atoms with van der Waals surface area (Å²) in [5, 5.41) is 2.82. The van der Waals surface area contributed by atoms with E-state index in [1.54, 1.807) is 13.8 Å². The third kappa shape index (κ3) is 7.78. The molecular weight excluding hydrogens is 265 g/mol. The van der Waals surface area contributed by atoms with E-state index in [1.165, 1.54) is 0 Å². The monoisotopic (exact) mass is 287 g/mol. The smallest absolute Gasteiger partial charge is 0.239 e. The quantitative estimate of drug-likeness (QED) is 0.765. The van der Waals surface area contributed by atoms with Gasteiger partial charge in [0.25, 0.3) is 0 Å². The summed E-state index contributed by atoms with van der Waals surface area (Å²) in [7, 11) is 0. The topological polar surface area (TPSA) is 67.6 Å². The summed E-state index contributed by atoms with van der Waals surface area (Å²) in [5.74, 6) is -0.101. The molecule has 3 N–H and O–H groups in total. The minimum Gasteiger partial charge on any atom is -0.379 e. The molecule has 5 nitrogen and oxygen atoms in total. The molecule has 17 heavy (non-hydrogen) atoms. The molecule has 0 aromatic rings. The van der Waals surface area contributed by atoms with Crippen molar-refractivity contribution in [3.05, 3.63) is 0 Å². The molecule has 104 valence electrons. The van der Waals surface area contributed by atoms with Gasteiger partial charge in [-0.15, -0.1) is 24.8 Å². The Morgan fingerprint density at radius 2 is 1.88 bits per heavy atom. The summed E-state index contributed by atoms with van der Waals surface area (Å²) in [6.45, 7) is 8.40. The molecule has 0 unspecified atom stereocenters. The summed E-state index contributed by atoms with van der Waals surface area (Å²) < 4.78 is 5.23. The van der Waals surface area contributed by atoms with E-state index < -0.39 is 5.54 Å². The van der Waals surface area contributed by atoms with Gasteiger partial charge >= 0.3 is 0 Å². The van der Waals surface area contributed by atoms with Crippen molar-refractivity contribution < 1.29 is 9.53 Å². The van der Waals surface area contributed by atoms with Crippen LogP contribution < -0.4 is 11.1 Å². The third-order valence-electron chi connectivity index (χ3n) is 2.40. The Morgan fingerprint density at radius 3 is 2.35 bits per heavy atom. The molecule has 0 aromatic carbocycles. The van der Waals surface area contributed by atoms with Gasteiger partial charge in [0.1, 0.15) is 0 Å². The molecule has 1 aliphatic rings. The van der Waals surface area contributed by atoms with Crippen LogP contribution in [-0.4, -0.2) is 55.7 Å². The Bertz CT molecular complexity index is 216. The Morgan fingerprint density at radius 1 is 1.35 bits per heavy atom. The summed E-state index contributed by atoms with van der Waals surface area (Å²) in [6, 6.07) is 0. The number of rotatable bonds is 4. The van der Waals surface area contributed by atoms with E-state index in [1.807, 2.05) is 0 Å². The van der Waals surface area contributed by atoms with Crippen molar-refractivity contribution in [3.63, 3.8) is 0 Å². The lowest BCUT2D eigenvalue weighted by molar-refractivity contribution is -0.125. The van der Waals surface area contributed by atoms with E-state index in [0.717, 1.165) is 32.8 Å². The van der Waals surface area contributed by atoms with E-state index >= 15 is 0 Å². The van der Waals surface area contributed by atoms with Gasteiger partial charge in [-0.2, -0.15) is 0 Å². The third-order valence-corrected chi connectivity index (χ3v) is 2.40. The fraction of sp³-hybridized carbons (Fsp3) is 0.900. The van der Waals surface area contributed by atoms with Gasteiger partial charge in [-0.05, 0) is 13.8 Å². The first-order valence-electron chi connectivity index (χ1n) is 5.37. The van der Waals surface area contributed by atoms with Crippen molar-refractivity contribution in [3.8, 4) is 0 Å². The zero-order valence-electron chi connectivity index (χ0n) is 10.4. The number of carbonyl (C=O) groups is 1. The summed E-state index contributed by atoms with van der Waals surface area (Å²) >= 11 is 0. The Kier molecular flexibility index (Phi) is 10.1. The van der Waals surface area contributed by atoms with Gasteiger partial charge in [-0.1, -0.05) is 0 Å². The van der Waals surface area contributed by atoms with E-state index in [4.69, 9.17) is 10.5 Å². The van der Waals surface area contributed by atoms with Crippen LogP contribution in [0.15, 0.2) is 0 Å². The number of nitrogens with one attached hydrogen (secondary N) is 1. The number of nitrogens with two attached hydrogens (primary N) is 1. The summed E-state index contributed by atoms with van der Waals surface area (Å²) in [5.41, 5.74) is 4.87. The van der Waals surface area contributed by atoms with Gasteiger partial charge in [0.15, 0.2) is 0 Å². The highest BCUT2D eigenvalue weighted by molar-refractivity contribution is 5.85. The lowest BCUT2D eigenvalue weighted by atomic mass is 10.1. The van der Waals surface area contributed by atoms with E-state index in [2.05, 4.69) is 10.2 Å². The standard InChI is InChI=1S/C10H21N3O2.2ClH/c1-10(2,11)9(14)12-3-4-13-5-7-15-8-6-13;;/h3-8,11H2,1-2H3,(H,12,14);2*1H. The second kappa shape index (κ2) is 8.94. The summed E-state index contributed by atoms with van der Waals surface area (Å²) in [4.78, 5) is 13.7. The van der Waals surface area contributed by atoms with Crippen LogP contribution in [0.4, 0.5) is 0 Å². The van der Waals surface area contributed by atoms with Crippen LogP contribution in [0.3, 0.4) is 0 Å². The highest BCUT2D eigenvalue weighted by atomic mass is 35.5. The molecule has 1 heterocycles. The molecule has 0 spiro atoms. The average molecular weight is 288 g/mol. The van der Waals surface area contributed by atoms with Gasteiger partial charge in [0.05, 0.1) is 18.8 Å². The predicted octanol–water partition coefficient (Wildman–Crippen LogP) is 0.0157. The predicted molar refractivity (Wildman–Crippen MR) is 73.0 cm³/mol. The lowest BCUT2D eigenvalue weighted by Crippen LogP contribution is -2.51. The lowest BCUT2D eigenvalue weighted by Gasteiger charge is -2.27. The molecule has 1 rings (SSSR count). The molecule has 0 aromatic heterocycles. The molecule has 0 radical (unpaired) electrons. The molecule has 0 saturated carbocycles. The molecule has 7 heteroatoms. The molecule has 0 atom stereocenters. The Hall–Kier alpha value is -0.0700. The van der Waals surface area contributed by atoms with Crippen molar-refractivity contribution in [2.24, 2.45) is 5.73 Å². The van der Waals surface area contributed by atoms with Gasteiger partial charge < -0.3 is 15.8 Å². The number of amides is 1. The van der Waals surface area contributed by atoms with E-state index in [-0.39, 0.29) is 30.7 Å². The fourth-order valence-corrected chi connectivity index (χ4v) is 1.38. The number of nitrogens with zero attached hydrogens (tertiary/aromatic N) is 1. The Balaban J connectivity index is 0. The van der Waals surface area contributed by atoms with Crippen LogP contribution in [0.25, 0.3) is 0 Å². The fourth-order valence-electron chi connectivity index (χ4n) is 1.38. The van der Waals surface area contributed by atoms with Gasteiger partial charge in [0, 0.05) is 26.2 Å². The second-order valence-corrected chi connectivity index (χ2v) is 4.43. The molecule has 0 aliphatic carbocycles. The van der Waals surface area contributed by atoms with Crippen LogP contribution >= 0.6 is 24.8 Å². The maximum atomic E-state index is 11.4. The number of morpholine rings is 1. The minimum atomic E-state index is -0.787.